The van der Waals surface area contributed by atoms with Gasteiger partial charge in [-0.3, -0.25) is 14.4 Å². The Hall–Kier alpha value is -3.97. The molecule has 7 heteroatoms. The number of carbonyl (C=O) groups excluding carboxylic acids is 3. The van der Waals surface area contributed by atoms with Crippen LogP contribution in [-0.4, -0.2) is 43.4 Å². The van der Waals surface area contributed by atoms with E-state index in [0.29, 0.717) is 11.1 Å². The number of phenols is 1. The van der Waals surface area contributed by atoms with Crippen molar-refractivity contribution in [1.82, 2.24) is 0 Å². The van der Waals surface area contributed by atoms with Crippen LogP contribution in [0.1, 0.15) is 76.6 Å². The lowest BCUT2D eigenvalue weighted by Crippen LogP contribution is -2.72. The van der Waals surface area contributed by atoms with Crippen LogP contribution in [0.25, 0.3) is 17.9 Å². The molecule has 0 spiro atoms. The minimum Gasteiger partial charge on any atom is -0.508 e. The van der Waals surface area contributed by atoms with Gasteiger partial charge in [0.25, 0.3) is 0 Å². The van der Waals surface area contributed by atoms with Gasteiger partial charge in [-0.2, -0.15) is 0 Å². The summed E-state index contributed by atoms with van der Waals surface area (Å²) in [6.45, 7) is 11.9. The lowest BCUT2D eigenvalue weighted by Gasteiger charge is -2.64. The van der Waals surface area contributed by atoms with Crippen LogP contribution in [0.15, 0.2) is 59.4 Å². The molecule has 2 aromatic rings. The fourth-order valence-electron chi connectivity index (χ4n) is 8.26. The molecule has 0 amide bonds. The first-order valence-corrected chi connectivity index (χ1v) is 14.4. The number of hydrogen-bond donors (Lipinski definition) is 4. The largest absolute Gasteiger partial charge is 0.508 e. The van der Waals surface area contributed by atoms with Crippen molar-refractivity contribution in [1.29, 1.82) is 0 Å². The summed E-state index contributed by atoms with van der Waals surface area (Å²) in [5.74, 6) is -6.45. The van der Waals surface area contributed by atoms with Crippen LogP contribution in [0.2, 0.25) is 0 Å². The van der Waals surface area contributed by atoms with Gasteiger partial charge in [-0.25, -0.2) is 0 Å². The summed E-state index contributed by atoms with van der Waals surface area (Å²) in [7, 11) is 0. The molecule has 2 aromatic carbocycles. The van der Waals surface area contributed by atoms with Crippen molar-refractivity contribution in [3.8, 4) is 5.75 Å². The number of hydrogen-bond acceptors (Lipinski definition) is 7. The number of benzene rings is 2. The first-order valence-electron chi connectivity index (χ1n) is 14.4. The number of aliphatic hydroxyl groups is 3. The molecule has 1 fully saturated rings. The average Bonchev–Trinajstić information content (AvgIpc) is 2.93. The highest BCUT2D eigenvalue weighted by Crippen LogP contribution is 2.70. The van der Waals surface area contributed by atoms with Gasteiger partial charge in [-0.15, -0.1) is 0 Å². The van der Waals surface area contributed by atoms with E-state index in [1.54, 1.807) is 32.9 Å². The van der Waals surface area contributed by atoms with Crippen molar-refractivity contribution in [2.45, 2.75) is 60.0 Å². The maximum absolute atomic E-state index is 14.6. The summed E-state index contributed by atoms with van der Waals surface area (Å²) in [5, 5.41) is 47.0. The zero-order valence-corrected chi connectivity index (χ0v) is 25.0. The van der Waals surface area contributed by atoms with Crippen molar-refractivity contribution >= 4 is 35.3 Å². The van der Waals surface area contributed by atoms with E-state index in [1.165, 1.54) is 0 Å². The second-order valence-electron chi connectivity index (χ2n) is 12.8. The van der Waals surface area contributed by atoms with Crippen LogP contribution in [0.5, 0.6) is 5.75 Å². The van der Waals surface area contributed by atoms with E-state index >= 15 is 0 Å². The molecule has 0 heterocycles. The van der Waals surface area contributed by atoms with Gasteiger partial charge >= 0.3 is 0 Å². The molecular weight excluding hydrogens is 532 g/mol. The van der Waals surface area contributed by atoms with Gasteiger partial charge in [-0.05, 0) is 35.8 Å². The fraction of sp³-hybridized carbons (Fsp3) is 0.400. The molecule has 0 bridgehead atoms. The lowest BCUT2D eigenvalue weighted by molar-refractivity contribution is -0.195. The molecule has 1 unspecified atom stereocenters. The van der Waals surface area contributed by atoms with Gasteiger partial charge < -0.3 is 20.4 Å². The topological polar surface area (TPSA) is 132 Å². The first kappa shape index (κ1) is 29.5. The molecule has 42 heavy (non-hydrogen) atoms. The molecule has 1 saturated carbocycles. The van der Waals surface area contributed by atoms with Crippen molar-refractivity contribution in [2.75, 3.05) is 0 Å². The highest BCUT2D eigenvalue weighted by Gasteiger charge is 2.75. The zero-order valence-electron chi connectivity index (χ0n) is 25.0. The summed E-state index contributed by atoms with van der Waals surface area (Å²) in [6.07, 6.45) is 3.53. The predicted octanol–water partition coefficient (Wildman–Crippen LogP) is 6.17. The minimum atomic E-state index is -2.66. The quantitative estimate of drug-likeness (QED) is 0.255. The number of allylic oxidation sites excluding steroid dienone is 1. The van der Waals surface area contributed by atoms with Gasteiger partial charge in [0.15, 0.2) is 17.2 Å². The molecule has 7 nitrogen and oxygen atoms in total. The smallest absolute Gasteiger partial charge is 0.203 e. The number of rotatable bonds is 4. The number of carbonyl (C=O) groups is 3. The maximum Gasteiger partial charge on any atom is 0.203 e. The van der Waals surface area contributed by atoms with Crippen molar-refractivity contribution in [3.63, 3.8) is 0 Å². The molecule has 4 N–H and O–H groups in total. The number of fused-ring (bicyclic) bond motifs is 3. The molecule has 3 aliphatic carbocycles. The van der Waals surface area contributed by atoms with E-state index in [2.05, 4.69) is 0 Å². The number of aliphatic hydroxyl groups excluding tert-OH is 2. The third kappa shape index (κ3) is 3.46. The second kappa shape index (κ2) is 9.53. The standard InChI is InChI=1S/C35H38O7/c1-17(2)26-29(38)24(19(4)36)31(40)35(42)32(41)27-30(39)25-23(18(3)33(27,6)20(5)34(26,35)7)16-15-22(28(25)37)14-13-21-11-9-8-10-12-21/h8-18,20,26,37,39-40,42H,1-7H3/b14-13+/t18-,20-,26?,33-,34-,35+/m1/s1. The highest BCUT2D eigenvalue weighted by atomic mass is 16.3. The molecule has 3 aliphatic rings. The molecule has 0 aromatic heterocycles. The van der Waals surface area contributed by atoms with Gasteiger partial charge in [0.05, 0.1) is 5.56 Å². The van der Waals surface area contributed by atoms with Gasteiger partial charge in [0.1, 0.15) is 22.8 Å². The SMILES string of the molecule is CC(=O)C1=C(O)[C@]2(O)C(=O)C3=C(O)c4c(ccc(/C=C/c5ccccc5)c4O)[C@@H](C)[C@]3(C)[C@@H](C)[C@]2(C)C(C(C)C)C1=O. The number of phenolic OH excluding ortho intramolecular Hbond substituents is 1. The zero-order chi connectivity index (χ0) is 31.1. The Kier molecular flexibility index (Phi) is 6.70. The van der Waals surface area contributed by atoms with E-state index in [1.807, 2.05) is 63.2 Å². The normalized spacial score (nSPS) is 32.7. The molecule has 6 atom stereocenters. The summed E-state index contributed by atoms with van der Waals surface area (Å²) in [4.78, 5) is 41.0. The van der Waals surface area contributed by atoms with E-state index in [9.17, 15) is 34.8 Å². The van der Waals surface area contributed by atoms with Crippen LogP contribution in [-0.2, 0) is 14.4 Å². The Bertz CT molecular complexity index is 1630. The monoisotopic (exact) mass is 570 g/mol. The number of Topliss-reactive ketones (excluding diaryl/α,β-unsaturated/α-hetero) is 3. The van der Waals surface area contributed by atoms with E-state index in [0.717, 1.165) is 12.5 Å². The first-order chi connectivity index (χ1) is 19.6. The van der Waals surface area contributed by atoms with Gasteiger partial charge in [0, 0.05) is 27.9 Å². The van der Waals surface area contributed by atoms with E-state index in [4.69, 9.17) is 0 Å². The van der Waals surface area contributed by atoms with Crippen LogP contribution in [0.3, 0.4) is 0 Å². The van der Waals surface area contributed by atoms with Crippen molar-refractivity contribution < 1.29 is 34.8 Å². The molecular formula is C35H38O7. The summed E-state index contributed by atoms with van der Waals surface area (Å²) in [5.41, 5.74) is -3.98. The van der Waals surface area contributed by atoms with Crippen LogP contribution in [0, 0.1) is 28.6 Å². The molecule has 0 aliphatic heterocycles. The third-order valence-corrected chi connectivity index (χ3v) is 10.8. The summed E-state index contributed by atoms with van der Waals surface area (Å²) >= 11 is 0. The number of ketones is 3. The molecule has 0 saturated heterocycles. The fourth-order valence-corrected chi connectivity index (χ4v) is 8.26. The van der Waals surface area contributed by atoms with Crippen molar-refractivity contribution in [2.24, 2.45) is 28.6 Å². The lowest BCUT2D eigenvalue weighted by atomic mass is 9.38. The van der Waals surface area contributed by atoms with Gasteiger partial charge in [-0.1, -0.05) is 96.2 Å². The van der Waals surface area contributed by atoms with Crippen molar-refractivity contribution in [3.05, 3.63) is 81.6 Å². The Labute approximate surface area is 245 Å². The molecule has 0 radical (unpaired) electrons. The maximum atomic E-state index is 14.6. The molecule has 220 valence electrons. The predicted molar refractivity (Wildman–Crippen MR) is 160 cm³/mol. The van der Waals surface area contributed by atoms with Crippen LogP contribution in [0.4, 0.5) is 0 Å². The Morgan fingerprint density at radius 1 is 0.952 bits per heavy atom. The Balaban J connectivity index is 1.80. The van der Waals surface area contributed by atoms with E-state index < -0.39 is 68.6 Å². The Morgan fingerprint density at radius 2 is 1.57 bits per heavy atom. The van der Waals surface area contributed by atoms with Crippen LogP contribution < -0.4 is 0 Å². The summed E-state index contributed by atoms with van der Waals surface area (Å²) < 4.78 is 0. The molecule has 5 rings (SSSR count). The number of aromatic hydroxyl groups is 1. The van der Waals surface area contributed by atoms with Crippen LogP contribution >= 0.6 is 0 Å². The second-order valence-corrected chi connectivity index (χ2v) is 12.8. The third-order valence-electron chi connectivity index (χ3n) is 10.8. The Morgan fingerprint density at radius 3 is 2.14 bits per heavy atom. The summed E-state index contributed by atoms with van der Waals surface area (Å²) in [6, 6.07) is 13.1. The van der Waals surface area contributed by atoms with E-state index in [-0.39, 0.29) is 22.8 Å². The highest BCUT2D eigenvalue weighted by molar-refractivity contribution is 6.24. The minimum absolute atomic E-state index is 0.0838. The average molecular weight is 571 g/mol. The van der Waals surface area contributed by atoms with Gasteiger partial charge in [0.2, 0.25) is 5.78 Å².